The fourth-order valence-corrected chi connectivity index (χ4v) is 3.84. The van der Waals surface area contributed by atoms with Gasteiger partial charge in [-0.1, -0.05) is 12.1 Å². The first-order valence-electron chi connectivity index (χ1n) is 8.40. The van der Waals surface area contributed by atoms with Crippen molar-refractivity contribution in [3.05, 3.63) is 51.6 Å². The molecule has 2 aliphatic rings. The zero-order chi connectivity index (χ0) is 19.5. The number of hydrogen-bond acceptors (Lipinski definition) is 7. The number of phenols is 2. The molecule has 0 bridgehead atoms. The first-order chi connectivity index (χ1) is 12.8. The van der Waals surface area contributed by atoms with E-state index in [1.807, 2.05) is 0 Å². The Morgan fingerprint density at radius 1 is 1.07 bits per heavy atom. The molecule has 3 N–H and O–H groups in total. The molecular formula is C20H17NO6. The molecule has 27 heavy (non-hydrogen) atoms. The molecule has 7 nitrogen and oxygen atoms in total. The third-order valence-electron chi connectivity index (χ3n) is 5.30. The van der Waals surface area contributed by atoms with Gasteiger partial charge in [0.15, 0.2) is 5.78 Å². The number of rotatable bonds is 2. The van der Waals surface area contributed by atoms with E-state index in [2.05, 4.69) is 5.32 Å². The summed E-state index contributed by atoms with van der Waals surface area (Å²) < 4.78 is 5.20. The van der Waals surface area contributed by atoms with Gasteiger partial charge in [-0.25, -0.2) is 0 Å². The number of ether oxygens (including phenoxy) is 1. The Hall–Kier alpha value is -3.19. The van der Waals surface area contributed by atoms with Crippen LogP contribution in [0.3, 0.4) is 0 Å². The number of ketones is 2. The maximum atomic E-state index is 13.1. The van der Waals surface area contributed by atoms with Crippen molar-refractivity contribution in [1.29, 1.82) is 0 Å². The van der Waals surface area contributed by atoms with Crippen LogP contribution < -0.4 is 10.1 Å². The first kappa shape index (κ1) is 17.2. The van der Waals surface area contributed by atoms with E-state index in [9.17, 15) is 24.6 Å². The van der Waals surface area contributed by atoms with Crippen molar-refractivity contribution < 1.29 is 29.3 Å². The summed E-state index contributed by atoms with van der Waals surface area (Å²) in [7, 11) is 1.39. The van der Waals surface area contributed by atoms with Gasteiger partial charge in [0.1, 0.15) is 23.5 Å². The van der Waals surface area contributed by atoms with Crippen LogP contribution in [-0.2, 0) is 17.8 Å². The highest BCUT2D eigenvalue weighted by atomic mass is 16.5. The lowest BCUT2D eigenvalue weighted by molar-refractivity contribution is -0.113. The van der Waals surface area contributed by atoms with Gasteiger partial charge in [0.2, 0.25) is 5.78 Å². The van der Waals surface area contributed by atoms with Crippen molar-refractivity contribution in [2.45, 2.75) is 25.4 Å². The average Bonchev–Trinajstić information content (AvgIpc) is 2.68. The van der Waals surface area contributed by atoms with E-state index < -0.39 is 17.1 Å². The van der Waals surface area contributed by atoms with Crippen LogP contribution in [0.25, 0.3) is 0 Å². The van der Waals surface area contributed by atoms with Gasteiger partial charge in [-0.05, 0) is 13.0 Å². The summed E-state index contributed by atoms with van der Waals surface area (Å²) in [5, 5.41) is 24.6. The Kier molecular flexibility index (Phi) is 3.61. The minimum atomic E-state index is -0.937. The van der Waals surface area contributed by atoms with E-state index >= 15 is 0 Å². The van der Waals surface area contributed by atoms with E-state index in [1.54, 1.807) is 19.1 Å². The molecule has 1 heterocycles. The van der Waals surface area contributed by atoms with E-state index in [4.69, 9.17) is 4.74 Å². The fraction of sp³-hybridized carbons (Fsp3) is 0.250. The SMILES string of the molecule is COc1cccc2c1C(=O)c1c(O)c3c(c(O)c1C2=O)CC(C)(C=O)NC3. The van der Waals surface area contributed by atoms with Crippen LogP contribution in [0.5, 0.6) is 17.2 Å². The third kappa shape index (κ3) is 2.21. The molecule has 1 aliphatic heterocycles. The summed E-state index contributed by atoms with van der Waals surface area (Å²) in [4.78, 5) is 37.5. The summed E-state index contributed by atoms with van der Waals surface area (Å²) in [5.41, 5.74) is -0.620. The second kappa shape index (κ2) is 5.65. The largest absolute Gasteiger partial charge is 0.507 e. The molecule has 1 aliphatic carbocycles. The number of aromatic hydroxyl groups is 2. The molecule has 4 rings (SSSR count). The Labute approximate surface area is 154 Å². The molecule has 7 heteroatoms. The molecule has 0 saturated carbocycles. The van der Waals surface area contributed by atoms with Crippen LogP contribution in [-0.4, -0.2) is 40.7 Å². The lowest BCUT2D eigenvalue weighted by Crippen LogP contribution is -2.48. The minimum Gasteiger partial charge on any atom is -0.507 e. The van der Waals surface area contributed by atoms with Gasteiger partial charge in [-0.15, -0.1) is 0 Å². The molecular weight excluding hydrogens is 350 g/mol. The highest BCUT2D eigenvalue weighted by molar-refractivity contribution is 6.31. The van der Waals surface area contributed by atoms with Crippen molar-refractivity contribution in [2.24, 2.45) is 0 Å². The van der Waals surface area contributed by atoms with E-state index in [0.717, 1.165) is 6.29 Å². The fourth-order valence-electron chi connectivity index (χ4n) is 3.84. The maximum absolute atomic E-state index is 13.1. The van der Waals surface area contributed by atoms with Gasteiger partial charge < -0.3 is 25.1 Å². The molecule has 0 fully saturated rings. The molecule has 0 amide bonds. The zero-order valence-electron chi connectivity index (χ0n) is 14.8. The molecule has 0 radical (unpaired) electrons. The zero-order valence-corrected chi connectivity index (χ0v) is 14.8. The Balaban J connectivity index is 2.02. The van der Waals surface area contributed by atoms with Gasteiger partial charge in [0.25, 0.3) is 0 Å². The van der Waals surface area contributed by atoms with Gasteiger partial charge in [-0.3, -0.25) is 9.59 Å². The summed E-state index contributed by atoms with van der Waals surface area (Å²) >= 11 is 0. The van der Waals surface area contributed by atoms with Crippen LogP contribution in [0.2, 0.25) is 0 Å². The highest BCUT2D eigenvalue weighted by Gasteiger charge is 2.42. The Bertz CT molecular complexity index is 1040. The lowest BCUT2D eigenvalue weighted by Gasteiger charge is -2.34. The number of methoxy groups -OCH3 is 1. The smallest absolute Gasteiger partial charge is 0.202 e. The molecule has 0 saturated heterocycles. The molecule has 1 unspecified atom stereocenters. The topological polar surface area (TPSA) is 113 Å². The van der Waals surface area contributed by atoms with Crippen LogP contribution in [0.15, 0.2) is 18.2 Å². The second-order valence-corrected chi connectivity index (χ2v) is 7.01. The quantitative estimate of drug-likeness (QED) is 0.464. The number of nitrogens with one attached hydrogen (secondary N) is 1. The van der Waals surface area contributed by atoms with E-state index in [-0.39, 0.29) is 52.5 Å². The van der Waals surface area contributed by atoms with Crippen LogP contribution in [0, 0.1) is 0 Å². The number of carbonyl (C=O) groups is 3. The van der Waals surface area contributed by atoms with Crippen molar-refractivity contribution in [2.75, 3.05) is 7.11 Å². The lowest BCUT2D eigenvalue weighted by atomic mass is 9.77. The monoisotopic (exact) mass is 367 g/mol. The summed E-state index contributed by atoms with van der Waals surface area (Å²) in [6.45, 7) is 1.74. The summed E-state index contributed by atoms with van der Waals surface area (Å²) in [6, 6.07) is 4.62. The standard InChI is InChI=1S/C20H17NO6/c1-20(8-22)6-10-11(7-21-20)18(25)15-14(17(10)24)16(23)9-4-3-5-12(27-2)13(9)19(15)26/h3-5,8,21,24-25H,6-7H2,1-2H3. The van der Waals surface area contributed by atoms with Crippen LogP contribution in [0.1, 0.15) is 49.9 Å². The van der Waals surface area contributed by atoms with Crippen molar-refractivity contribution >= 4 is 17.9 Å². The summed E-state index contributed by atoms with van der Waals surface area (Å²) in [6.07, 6.45) is 0.809. The molecule has 2 aromatic carbocycles. The van der Waals surface area contributed by atoms with Crippen molar-refractivity contribution in [3.63, 3.8) is 0 Å². The molecule has 138 valence electrons. The van der Waals surface area contributed by atoms with E-state index in [0.29, 0.717) is 11.1 Å². The molecule has 0 aromatic heterocycles. The van der Waals surface area contributed by atoms with Crippen LogP contribution >= 0.6 is 0 Å². The van der Waals surface area contributed by atoms with Gasteiger partial charge in [0, 0.05) is 29.7 Å². The highest BCUT2D eigenvalue weighted by Crippen LogP contribution is 2.46. The van der Waals surface area contributed by atoms with Crippen LogP contribution in [0.4, 0.5) is 0 Å². The number of phenolic OH excluding ortho intramolecular Hbond substituents is 2. The number of fused-ring (bicyclic) bond motifs is 3. The first-order valence-corrected chi connectivity index (χ1v) is 8.40. The predicted octanol–water partition coefficient (Wildman–Crippen LogP) is 1.49. The van der Waals surface area contributed by atoms with E-state index in [1.165, 1.54) is 13.2 Å². The maximum Gasteiger partial charge on any atom is 0.202 e. The summed E-state index contributed by atoms with van der Waals surface area (Å²) in [5.74, 6) is -1.65. The Morgan fingerprint density at radius 2 is 1.74 bits per heavy atom. The number of hydrogen-bond donors (Lipinski definition) is 3. The van der Waals surface area contributed by atoms with Gasteiger partial charge in [0.05, 0.1) is 29.3 Å². The molecule has 1 atom stereocenters. The number of aldehydes is 1. The van der Waals surface area contributed by atoms with Gasteiger partial charge in [-0.2, -0.15) is 0 Å². The third-order valence-corrected chi connectivity index (χ3v) is 5.30. The normalized spacial score (nSPS) is 20.5. The predicted molar refractivity (Wildman–Crippen MR) is 94.6 cm³/mol. The number of benzene rings is 2. The van der Waals surface area contributed by atoms with Crippen molar-refractivity contribution in [1.82, 2.24) is 5.32 Å². The minimum absolute atomic E-state index is 0.0636. The Morgan fingerprint density at radius 3 is 2.41 bits per heavy atom. The average molecular weight is 367 g/mol. The van der Waals surface area contributed by atoms with Gasteiger partial charge >= 0.3 is 0 Å². The van der Waals surface area contributed by atoms with Crippen molar-refractivity contribution in [3.8, 4) is 17.2 Å². The number of carbonyl (C=O) groups excluding carboxylic acids is 3. The second-order valence-electron chi connectivity index (χ2n) is 7.01. The molecule has 0 spiro atoms. The molecule has 2 aromatic rings.